The zero-order chi connectivity index (χ0) is 22.3. The highest BCUT2D eigenvalue weighted by molar-refractivity contribution is 5.75. The van der Waals surface area contributed by atoms with Crippen molar-refractivity contribution in [2.24, 2.45) is 35.5 Å². The summed E-state index contributed by atoms with van der Waals surface area (Å²) in [5.74, 6) is 4.70. The molecule has 3 heteroatoms. The molecule has 0 radical (unpaired) electrons. The lowest BCUT2D eigenvalue weighted by Crippen LogP contribution is -2.35. The predicted octanol–water partition coefficient (Wildman–Crippen LogP) is 8.34. The third-order valence-corrected chi connectivity index (χ3v) is 9.03. The van der Waals surface area contributed by atoms with Crippen LogP contribution in [0.4, 0.5) is 4.39 Å². The molecule has 0 saturated heterocycles. The van der Waals surface area contributed by atoms with E-state index >= 15 is 0 Å². The molecule has 1 aromatic rings. The number of carbonyl (C=O) groups excluding carboxylic acids is 1. The smallest absolute Gasteiger partial charge is 0.314 e. The molecule has 32 heavy (non-hydrogen) atoms. The lowest BCUT2D eigenvalue weighted by atomic mass is 9.60. The number of halogens is 1. The second kappa shape index (κ2) is 11.7. The molecule has 4 atom stereocenters. The highest BCUT2D eigenvalue weighted by atomic mass is 19.1. The third kappa shape index (κ3) is 6.35. The van der Waals surface area contributed by atoms with Crippen molar-refractivity contribution in [1.82, 2.24) is 0 Å². The van der Waals surface area contributed by atoms with Gasteiger partial charge in [0.15, 0.2) is 0 Å². The average molecular weight is 443 g/mol. The normalized spacial score (nSPS) is 32.8. The highest BCUT2D eigenvalue weighted by Crippen LogP contribution is 2.49. The fourth-order valence-corrected chi connectivity index (χ4v) is 7.10. The van der Waals surface area contributed by atoms with Gasteiger partial charge in [-0.2, -0.15) is 0 Å². The quantitative estimate of drug-likeness (QED) is 0.230. The number of hydrogen-bond acceptors (Lipinski definition) is 2. The molecule has 3 aliphatic carbocycles. The molecule has 3 saturated carbocycles. The predicted molar refractivity (Wildman–Crippen MR) is 128 cm³/mol. The number of esters is 1. The highest BCUT2D eigenvalue weighted by Gasteiger charge is 2.39. The molecule has 0 heterocycles. The minimum absolute atomic E-state index is 0.00999. The molecule has 0 aliphatic heterocycles. The van der Waals surface area contributed by atoms with Gasteiger partial charge in [-0.05, 0) is 112 Å². The summed E-state index contributed by atoms with van der Waals surface area (Å²) in [5.41, 5.74) is 0. The Bertz CT molecular complexity index is 706. The maximum atomic E-state index is 13.1. The minimum Gasteiger partial charge on any atom is -0.426 e. The summed E-state index contributed by atoms with van der Waals surface area (Å²) in [6, 6.07) is 5.76. The van der Waals surface area contributed by atoms with Gasteiger partial charge in [0.25, 0.3) is 0 Å². The Morgan fingerprint density at radius 2 is 1.44 bits per heavy atom. The van der Waals surface area contributed by atoms with Crippen LogP contribution in [0.15, 0.2) is 24.3 Å². The van der Waals surface area contributed by atoms with E-state index in [2.05, 4.69) is 6.92 Å². The van der Waals surface area contributed by atoms with Gasteiger partial charge in [-0.15, -0.1) is 0 Å². The standard InChI is InChI=1S/C29H43FO2/c1-2-3-4-5-6-21-7-8-26-20-25(14-13-24(26)19-21)22-9-11-23(12-10-22)29(31)32-28-17-15-27(30)16-18-28/h15-18,21-26H,2-14,19-20H2,1H3. The van der Waals surface area contributed by atoms with E-state index in [9.17, 15) is 9.18 Å². The summed E-state index contributed by atoms with van der Waals surface area (Å²) in [6.45, 7) is 2.30. The summed E-state index contributed by atoms with van der Waals surface area (Å²) >= 11 is 0. The largest absolute Gasteiger partial charge is 0.426 e. The lowest BCUT2D eigenvalue weighted by Gasteiger charge is -2.45. The van der Waals surface area contributed by atoms with Crippen molar-refractivity contribution in [3.05, 3.63) is 30.1 Å². The first kappa shape index (κ1) is 23.8. The number of ether oxygens (including phenoxy) is 1. The number of carbonyl (C=O) groups is 1. The van der Waals surface area contributed by atoms with Gasteiger partial charge in [-0.1, -0.05) is 45.4 Å². The first-order valence-electron chi connectivity index (χ1n) is 13.6. The monoisotopic (exact) mass is 442 g/mol. The number of fused-ring (bicyclic) bond motifs is 1. The molecular formula is C29H43FO2. The van der Waals surface area contributed by atoms with E-state index in [0.29, 0.717) is 5.75 Å². The van der Waals surface area contributed by atoms with E-state index in [-0.39, 0.29) is 17.7 Å². The van der Waals surface area contributed by atoms with Crippen LogP contribution in [0, 0.1) is 41.3 Å². The van der Waals surface area contributed by atoms with Gasteiger partial charge in [0.05, 0.1) is 5.92 Å². The van der Waals surface area contributed by atoms with Crippen LogP contribution in [0.5, 0.6) is 5.75 Å². The molecule has 0 N–H and O–H groups in total. The van der Waals surface area contributed by atoms with E-state index in [1.54, 1.807) is 0 Å². The number of unbranched alkanes of at least 4 members (excludes halogenated alkanes) is 3. The summed E-state index contributed by atoms with van der Waals surface area (Å²) in [4.78, 5) is 12.5. The van der Waals surface area contributed by atoms with Crippen molar-refractivity contribution in [3.8, 4) is 5.75 Å². The molecule has 3 fully saturated rings. The number of hydrogen-bond donors (Lipinski definition) is 0. The Hall–Kier alpha value is -1.38. The molecule has 4 unspecified atom stereocenters. The molecule has 3 aliphatic rings. The second-order valence-corrected chi connectivity index (χ2v) is 11.1. The lowest BCUT2D eigenvalue weighted by molar-refractivity contribution is -0.140. The van der Waals surface area contributed by atoms with Crippen molar-refractivity contribution in [2.75, 3.05) is 0 Å². The van der Waals surface area contributed by atoms with Crippen molar-refractivity contribution in [3.63, 3.8) is 0 Å². The van der Waals surface area contributed by atoms with E-state index in [0.717, 1.165) is 42.4 Å². The van der Waals surface area contributed by atoms with Crippen molar-refractivity contribution in [1.29, 1.82) is 0 Å². The van der Waals surface area contributed by atoms with Gasteiger partial charge < -0.3 is 4.74 Å². The van der Waals surface area contributed by atoms with E-state index in [1.807, 2.05) is 0 Å². The summed E-state index contributed by atoms with van der Waals surface area (Å²) in [6.07, 6.45) is 20.1. The van der Waals surface area contributed by atoms with Crippen molar-refractivity contribution in [2.45, 2.75) is 103 Å². The molecule has 2 nitrogen and oxygen atoms in total. The Morgan fingerprint density at radius 1 is 0.812 bits per heavy atom. The van der Waals surface area contributed by atoms with Crippen LogP contribution in [0.1, 0.15) is 103 Å². The Labute approximate surface area is 194 Å². The maximum absolute atomic E-state index is 13.1. The third-order valence-electron chi connectivity index (χ3n) is 9.03. The Morgan fingerprint density at radius 3 is 2.16 bits per heavy atom. The van der Waals surface area contributed by atoms with Crippen molar-refractivity contribution < 1.29 is 13.9 Å². The maximum Gasteiger partial charge on any atom is 0.314 e. The van der Waals surface area contributed by atoms with Gasteiger partial charge in [-0.25, -0.2) is 4.39 Å². The SMILES string of the molecule is CCCCCCC1CCC2CC(C3CCC(C(=O)Oc4ccc(F)cc4)CC3)CCC2C1. The number of rotatable bonds is 8. The van der Waals surface area contributed by atoms with Crippen LogP contribution in [0.25, 0.3) is 0 Å². The topological polar surface area (TPSA) is 26.3 Å². The Balaban J connectivity index is 1.18. The molecule has 0 bridgehead atoms. The zero-order valence-electron chi connectivity index (χ0n) is 20.1. The van der Waals surface area contributed by atoms with Crippen LogP contribution in [-0.4, -0.2) is 5.97 Å². The minimum atomic E-state index is -0.305. The van der Waals surface area contributed by atoms with Crippen LogP contribution in [0.2, 0.25) is 0 Å². The fourth-order valence-electron chi connectivity index (χ4n) is 7.10. The van der Waals surface area contributed by atoms with Crippen LogP contribution in [-0.2, 0) is 4.79 Å². The molecule has 0 aromatic heterocycles. The van der Waals surface area contributed by atoms with E-state index in [1.165, 1.54) is 108 Å². The summed E-state index contributed by atoms with van der Waals surface area (Å²) in [7, 11) is 0. The first-order chi connectivity index (χ1) is 15.6. The first-order valence-corrected chi connectivity index (χ1v) is 13.6. The van der Waals surface area contributed by atoms with E-state index in [4.69, 9.17) is 4.74 Å². The van der Waals surface area contributed by atoms with Crippen LogP contribution >= 0.6 is 0 Å². The molecular weight excluding hydrogens is 399 g/mol. The van der Waals surface area contributed by atoms with Gasteiger partial charge in [0, 0.05) is 0 Å². The second-order valence-electron chi connectivity index (χ2n) is 11.1. The fraction of sp³-hybridized carbons (Fsp3) is 0.759. The molecule has 4 rings (SSSR count). The molecule has 178 valence electrons. The molecule has 0 amide bonds. The molecule has 1 aromatic carbocycles. The van der Waals surface area contributed by atoms with Gasteiger partial charge in [-0.3, -0.25) is 4.79 Å². The van der Waals surface area contributed by atoms with Gasteiger partial charge in [0.1, 0.15) is 11.6 Å². The van der Waals surface area contributed by atoms with Crippen LogP contribution in [0.3, 0.4) is 0 Å². The zero-order valence-corrected chi connectivity index (χ0v) is 20.1. The Kier molecular flexibility index (Phi) is 8.66. The molecule has 0 spiro atoms. The van der Waals surface area contributed by atoms with Gasteiger partial charge in [0.2, 0.25) is 0 Å². The van der Waals surface area contributed by atoms with Gasteiger partial charge >= 0.3 is 5.97 Å². The van der Waals surface area contributed by atoms with Crippen molar-refractivity contribution >= 4 is 5.97 Å². The van der Waals surface area contributed by atoms with E-state index < -0.39 is 0 Å². The van der Waals surface area contributed by atoms with Crippen LogP contribution < -0.4 is 4.74 Å². The summed E-state index contributed by atoms with van der Waals surface area (Å²) < 4.78 is 18.6. The number of benzene rings is 1. The summed E-state index contributed by atoms with van der Waals surface area (Å²) in [5, 5.41) is 0. The average Bonchev–Trinajstić information content (AvgIpc) is 2.83.